The molecule has 1 rings (SSSR count). The molecule has 0 aliphatic heterocycles. The van der Waals surface area contributed by atoms with E-state index in [2.05, 4.69) is 4.72 Å². The number of anilines is 1. The van der Waals surface area contributed by atoms with Gasteiger partial charge in [0.1, 0.15) is 0 Å². The molecular weight excluding hydrogens is 214 g/mol. The average molecular weight is 229 g/mol. The zero-order chi connectivity index (χ0) is 11.5. The number of nitrogens with one attached hydrogen (secondary N) is 1. The van der Waals surface area contributed by atoms with Crippen molar-refractivity contribution in [2.45, 2.75) is 6.54 Å². The zero-order valence-corrected chi connectivity index (χ0v) is 9.58. The Balaban J connectivity index is 3.00. The van der Waals surface area contributed by atoms with Crippen LogP contribution in [0.4, 0.5) is 5.69 Å². The van der Waals surface area contributed by atoms with Crippen molar-refractivity contribution in [2.75, 3.05) is 18.8 Å². The minimum Gasteiger partial charge on any atom is -0.326 e. The topological polar surface area (TPSA) is 75.4 Å². The lowest BCUT2D eigenvalue weighted by atomic mass is 10.2. The second kappa shape index (κ2) is 4.61. The molecule has 3 N–H and O–H groups in total. The van der Waals surface area contributed by atoms with E-state index in [1.807, 2.05) is 6.07 Å². The number of hydrogen-bond donors (Lipinski definition) is 2. The lowest BCUT2D eigenvalue weighted by Crippen LogP contribution is -2.29. The van der Waals surface area contributed by atoms with Gasteiger partial charge >= 0.3 is 10.2 Å². The van der Waals surface area contributed by atoms with E-state index < -0.39 is 10.2 Å². The van der Waals surface area contributed by atoms with Crippen LogP contribution in [0.5, 0.6) is 0 Å². The van der Waals surface area contributed by atoms with E-state index >= 15 is 0 Å². The van der Waals surface area contributed by atoms with E-state index in [4.69, 9.17) is 5.73 Å². The van der Waals surface area contributed by atoms with Gasteiger partial charge in [-0.1, -0.05) is 18.2 Å². The largest absolute Gasteiger partial charge is 0.326 e. The molecule has 1 aromatic carbocycles. The SMILES string of the molecule is CN(C)S(=O)(=O)Nc1ccccc1CN. The fourth-order valence-corrected chi connectivity index (χ4v) is 1.69. The van der Waals surface area contributed by atoms with E-state index in [0.717, 1.165) is 9.87 Å². The highest BCUT2D eigenvalue weighted by Crippen LogP contribution is 2.16. The molecule has 0 saturated heterocycles. The number of rotatable bonds is 4. The number of nitrogens with two attached hydrogens (primary N) is 1. The quantitative estimate of drug-likeness (QED) is 0.783. The fourth-order valence-electron chi connectivity index (χ4n) is 1.03. The Morgan fingerprint density at radius 2 is 1.93 bits per heavy atom. The van der Waals surface area contributed by atoms with E-state index in [0.29, 0.717) is 12.2 Å². The first-order valence-corrected chi connectivity index (χ1v) is 5.89. The van der Waals surface area contributed by atoms with Crippen molar-refractivity contribution in [2.24, 2.45) is 5.73 Å². The summed E-state index contributed by atoms with van der Waals surface area (Å²) in [5, 5.41) is 0. The number of benzene rings is 1. The third-order valence-corrected chi connectivity index (χ3v) is 3.40. The summed E-state index contributed by atoms with van der Waals surface area (Å²) in [6.45, 7) is 0.298. The van der Waals surface area contributed by atoms with E-state index in [1.165, 1.54) is 14.1 Å². The predicted octanol–water partition coefficient (Wildman–Crippen LogP) is 0.364. The Labute approximate surface area is 90.1 Å². The predicted molar refractivity (Wildman–Crippen MR) is 60.6 cm³/mol. The minimum absolute atomic E-state index is 0.298. The Hall–Kier alpha value is -1.11. The van der Waals surface area contributed by atoms with Gasteiger partial charge in [0.05, 0.1) is 5.69 Å². The van der Waals surface area contributed by atoms with Crippen molar-refractivity contribution in [3.8, 4) is 0 Å². The standard InChI is InChI=1S/C9H15N3O2S/c1-12(2)15(13,14)11-9-6-4-3-5-8(9)7-10/h3-6,11H,7,10H2,1-2H3. The van der Waals surface area contributed by atoms with E-state index in [-0.39, 0.29) is 0 Å². The van der Waals surface area contributed by atoms with Gasteiger partial charge in [-0.15, -0.1) is 0 Å². The maximum Gasteiger partial charge on any atom is 0.301 e. The van der Waals surface area contributed by atoms with Crippen LogP contribution < -0.4 is 10.5 Å². The summed E-state index contributed by atoms with van der Waals surface area (Å²) in [4.78, 5) is 0. The van der Waals surface area contributed by atoms with Gasteiger partial charge in [-0.3, -0.25) is 4.72 Å². The van der Waals surface area contributed by atoms with Crippen LogP contribution in [-0.2, 0) is 16.8 Å². The van der Waals surface area contributed by atoms with Gasteiger partial charge in [-0.25, -0.2) is 0 Å². The average Bonchev–Trinajstić information content (AvgIpc) is 2.18. The first-order chi connectivity index (χ1) is 6.97. The van der Waals surface area contributed by atoms with Crippen LogP contribution in [0.3, 0.4) is 0 Å². The number of para-hydroxylation sites is 1. The molecule has 1 aromatic rings. The molecule has 0 aliphatic carbocycles. The number of hydrogen-bond acceptors (Lipinski definition) is 3. The fraction of sp³-hybridized carbons (Fsp3) is 0.333. The molecule has 0 saturated carbocycles. The van der Waals surface area contributed by atoms with E-state index in [9.17, 15) is 8.42 Å². The van der Waals surface area contributed by atoms with Crippen molar-refractivity contribution in [1.82, 2.24) is 4.31 Å². The molecule has 6 heteroatoms. The molecule has 0 unspecified atom stereocenters. The molecule has 15 heavy (non-hydrogen) atoms. The monoisotopic (exact) mass is 229 g/mol. The number of nitrogens with zero attached hydrogens (tertiary/aromatic N) is 1. The van der Waals surface area contributed by atoms with Gasteiger partial charge in [-0.2, -0.15) is 12.7 Å². The maximum absolute atomic E-state index is 11.5. The second-order valence-corrected chi connectivity index (χ2v) is 5.14. The third kappa shape index (κ3) is 2.92. The van der Waals surface area contributed by atoms with Gasteiger partial charge in [-0.05, 0) is 11.6 Å². The third-order valence-electron chi connectivity index (χ3n) is 1.96. The molecule has 0 aliphatic rings. The van der Waals surface area contributed by atoms with Crippen LogP contribution in [0.2, 0.25) is 0 Å². The zero-order valence-electron chi connectivity index (χ0n) is 8.77. The van der Waals surface area contributed by atoms with Crippen molar-refractivity contribution in [3.05, 3.63) is 29.8 Å². The highest BCUT2D eigenvalue weighted by molar-refractivity contribution is 7.90. The maximum atomic E-state index is 11.5. The first kappa shape index (κ1) is 12.0. The molecule has 0 amide bonds. The van der Waals surface area contributed by atoms with Crippen LogP contribution in [0.1, 0.15) is 5.56 Å². The van der Waals surface area contributed by atoms with Crippen LogP contribution in [-0.4, -0.2) is 26.8 Å². The van der Waals surface area contributed by atoms with E-state index in [1.54, 1.807) is 18.2 Å². The summed E-state index contributed by atoms with van der Waals surface area (Å²) in [7, 11) is -0.525. The van der Waals surface area contributed by atoms with Crippen LogP contribution in [0, 0.1) is 0 Å². The summed E-state index contributed by atoms with van der Waals surface area (Å²) >= 11 is 0. The molecule has 0 aromatic heterocycles. The highest BCUT2D eigenvalue weighted by Gasteiger charge is 2.14. The van der Waals surface area contributed by atoms with Gasteiger partial charge < -0.3 is 5.73 Å². The first-order valence-electron chi connectivity index (χ1n) is 4.45. The molecule has 0 atom stereocenters. The van der Waals surface area contributed by atoms with Gasteiger partial charge in [0, 0.05) is 20.6 Å². The molecule has 5 nitrogen and oxygen atoms in total. The van der Waals surface area contributed by atoms with Gasteiger partial charge in [0.2, 0.25) is 0 Å². The Kier molecular flexibility index (Phi) is 3.67. The summed E-state index contributed by atoms with van der Waals surface area (Å²) in [6, 6.07) is 7.04. The van der Waals surface area contributed by atoms with Crippen LogP contribution in [0.25, 0.3) is 0 Å². The highest BCUT2D eigenvalue weighted by atomic mass is 32.2. The minimum atomic E-state index is -3.46. The van der Waals surface area contributed by atoms with Gasteiger partial charge in [0.25, 0.3) is 0 Å². The normalized spacial score (nSPS) is 11.7. The summed E-state index contributed by atoms with van der Waals surface area (Å²) in [6.07, 6.45) is 0. The summed E-state index contributed by atoms with van der Waals surface area (Å²) in [5.74, 6) is 0. The van der Waals surface area contributed by atoms with Crippen molar-refractivity contribution >= 4 is 15.9 Å². The molecule has 0 heterocycles. The molecule has 84 valence electrons. The van der Waals surface area contributed by atoms with Crippen LogP contribution >= 0.6 is 0 Å². The second-order valence-electron chi connectivity index (χ2n) is 3.25. The van der Waals surface area contributed by atoms with Crippen molar-refractivity contribution < 1.29 is 8.42 Å². The Morgan fingerprint density at radius 3 is 2.47 bits per heavy atom. The lowest BCUT2D eigenvalue weighted by Gasteiger charge is -2.15. The Bertz CT molecular complexity index is 429. The molecule has 0 spiro atoms. The molecule has 0 radical (unpaired) electrons. The van der Waals surface area contributed by atoms with Gasteiger partial charge in [0.15, 0.2) is 0 Å². The van der Waals surface area contributed by atoms with Crippen molar-refractivity contribution in [1.29, 1.82) is 0 Å². The smallest absolute Gasteiger partial charge is 0.301 e. The Morgan fingerprint density at radius 1 is 1.33 bits per heavy atom. The molecular formula is C9H15N3O2S. The lowest BCUT2D eigenvalue weighted by molar-refractivity contribution is 0.526. The molecule has 0 fully saturated rings. The van der Waals surface area contributed by atoms with Crippen LogP contribution in [0.15, 0.2) is 24.3 Å². The van der Waals surface area contributed by atoms with Crippen molar-refractivity contribution in [3.63, 3.8) is 0 Å². The summed E-state index contributed by atoms with van der Waals surface area (Å²) in [5.41, 5.74) is 6.79. The summed E-state index contributed by atoms with van der Waals surface area (Å²) < 4.78 is 26.7. The molecule has 0 bridgehead atoms.